The fourth-order valence-corrected chi connectivity index (χ4v) is 2.13. The number of amidine groups is 1. The molecular weight excluding hydrogens is 333 g/mol. The third kappa shape index (κ3) is 3.38. The molecule has 0 saturated carbocycles. The molecule has 0 aromatic heterocycles. The molecule has 114 valence electrons. The lowest BCUT2D eigenvalue weighted by molar-refractivity contribution is -0.385. The molecule has 2 aromatic rings. The second kappa shape index (κ2) is 6.50. The molecular formula is C13H9Cl2N3O4. The molecule has 0 fully saturated rings. The summed E-state index contributed by atoms with van der Waals surface area (Å²) >= 11 is 11.8. The molecule has 2 rings (SSSR count). The van der Waals surface area contributed by atoms with Crippen LogP contribution in [-0.4, -0.2) is 16.0 Å². The van der Waals surface area contributed by atoms with E-state index in [4.69, 9.17) is 38.9 Å². The van der Waals surface area contributed by atoms with Gasteiger partial charge >= 0.3 is 0 Å². The lowest BCUT2D eigenvalue weighted by Gasteiger charge is -2.09. The Morgan fingerprint density at radius 2 is 2.00 bits per heavy atom. The highest BCUT2D eigenvalue weighted by Crippen LogP contribution is 2.33. The minimum atomic E-state index is -0.646. The number of rotatable bonds is 4. The molecule has 0 amide bonds. The van der Waals surface area contributed by atoms with E-state index in [1.807, 2.05) is 0 Å². The van der Waals surface area contributed by atoms with Crippen molar-refractivity contribution in [2.24, 2.45) is 10.9 Å². The second-order valence-corrected chi connectivity index (χ2v) is 4.94. The van der Waals surface area contributed by atoms with Crippen LogP contribution >= 0.6 is 23.2 Å². The summed E-state index contributed by atoms with van der Waals surface area (Å²) in [6.45, 7) is 0. The topological polar surface area (TPSA) is 111 Å². The number of benzene rings is 2. The maximum absolute atomic E-state index is 10.9. The van der Waals surface area contributed by atoms with Crippen molar-refractivity contribution in [3.05, 3.63) is 62.1 Å². The van der Waals surface area contributed by atoms with Gasteiger partial charge in [-0.1, -0.05) is 28.4 Å². The predicted molar refractivity (Wildman–Crippen MR) is 82.1 cm³/mol. The van der Waals surface area contributed by atoms with Crippen molar-refractivity contribution in [1.29, 1.82) is 0 Å². The largest absolute Gasteiger partial charge is 0.456 e. The van der Waals surface area contributed by atoms with Gasteiger partial charge in [0.05, 0.1) is 9.95 Å². The van der Waals surface area contributed by atoms with E-state index >= 15 is 0 Å². The summed E-state index contributed by atoms with van der Waals surface area (Å²) < 4.78 is 5.53. The molecule has 0 aliphatic rings. The van der Waals surface area contributed by atoms with Crippen LogP contribution in [0.2, 0.25) is 10.0 Å². The van der Waals surface area contributed by atoms with E-state index in [0.29, 0.717) is 10.8 Å². The standard InChI is InChI=1S/C13H9Cl2N3O4/c14-7-1-4-12(10(15)5-7)22-8-2-3-11(18(20)21)9(6-8)13(16)17-19/h1-6,19H,(H2,16,17). The van der Waals surface area contributed by atoms with Crippen molar-refractivity contribution in [3.8, 4) is 11.5 Å². The van der Waals surface area contributed by atoms with Crippen molar-refractivity contribution in [2.45, 2.75) is 0 Å². The normalized spacial score (nSPS) is 11.3. The van der Waals surface area contributed by atoms with E-state index in [1.54, 1.807) is 12.1 Å². The van der Waals surface area contributed by atoms with Gasteiger partial charge in [0.15, 0.2) is 5.84 Å². The summed E-state index contributed by atoms with van der Waals surface area (Å²) in [7, 11) is 0. The first-order valence-electron chi connectivity index (χ1n) is 5.81. The molecule has 0 aliphatic carbocycles. The van der Waals surface area contributed by atoms with E-state index in [0.717, 1.165) is 0 Å². The van der Waals surface area contributed by atoms with Gasteiger partial charge in [0.1, 0.15) is 17.1 Å². The number of nitro groups is 1. The van der Waals surface area contributed by atoms with Crippen LogP contribution in [0.3, 0.4) is 0 Å². The molecule has 3 N–H and O–H groups in total. The van der Waals surface area contributed by atoms with Crippen LogP contribution in [0, 0.1) is 10.1 Å². The first kappa shape index (κ1) is 15.9. The van der Waals surface area contributed by atoms with Gasteiger partial charge in [-0.25, -0.2) is 0 Å². The molecule has 0 unspecified atom stereocenters. The number of hydrogen-bond donors (Lipinski definition) is 2. The summed E-state index contributed by atoms with van der Waals surface area (Å²) in [4.78, 5) is 10.3. The van der Waals surface area contributed by atoms with Gasteiger partial charge in [0.2, 0.25) is 0 Å². The van der Waals surface area contributed by atoms with Crippen LogP contribution in [-0.2, 0) is 0 Å². The zero-order chi connectivity index (χ0) is 16.3. The Morgan fingerprint density at radius 1 is 1.27 bits per heavy atom. The summed E-state index contributed by atoms with van der Waals surface area (Å²) in [6, 6.07) is 8.46. The molecule has 2 aromatic carbocycles. The molecule has 0 heterocycles. The van der Waals surface area contributed by atoms with Crippen LogP contribution in [0.15, 0.2) is 41.6 Å². The molecule has 0 radical (unpaired) electrons. The van der Waals surface area contributed by atoms with Crippen LogP contribution in [0.5, 0.6) is 11.5 Å². The Bertz CT molecular complexity index is 765. The Hall–Kier alpha value is -2.51. The van der Waals surface area contributed by atoms with Crippen molar-refractivity contribution in [3.63, 3.8) is 0 Å². The van der Waals surface area contributed by atoms with Gasteiger partial charge in [-0.05, 0) is 30.3 Å². The van der Waals surface area contributed by atoms with Crippen molar-refractivity contribution >= 4 is 34.7 Å². The molecule has 9 heteroatoms. The lowest BCUT2D eigenvalue weighted by atomic mass is 10.1. The van der Waals surface area contributed by atoms with Gasteiger partial charge < -0.3 is 15.7 Å². The summed E-state index contributed by atoms with van der Waals surface area (Å²) in [5.74, 6) is 0.140. The third-order valence-corrected chi connectivity index (χ3v) is 3.20. The molecule has 0 saturated heterocycles. The Labute approximate surface area is 134 Å². The highest BCUT2D eigenvalue weighted by Gasteiger charge is 2.18. The maximum Gasteiger partial charge on any atom is 0.280 e. The summed E-state index contributed by atoms with van der Waals surface area (Å²) in [5, 5.41) is 23.1. The molecule has 0 atom stereocenters. The first-order valence-corrected chi connectivity index (χ1v) is 6.57. The zero-order valence-corrected chi connectivity index (χ0v) is 12.4. The summed E-state index contributed by atoms with van der Waals surface area (Å²) in [5.41, 5.74) is 5.05. The molecule has 7 nitrogen and oxygen atoms in total. The van der Waals surface area contributed by atoms with E-state index < -0.39 is 10.8 Å². The highest BCUT2D eigenvalue weighted by molar-refractivity contribution is 6.35. The molecule has 0 spiro atoms. The van der Waals surface area contributed by atoms with Crippen molar-refractivity contribution < 1.29 is 14.9 Å². The van der Waals surface area contributed by atoms with Crippen molar-refractivity contribution in [2.75, 3.05) is 0 Å². The number of halogens is 2. The van der Waals surface area contributed by atoms with Crippen LogP contribution in [0.25, 0.3) is 0 Å². The molecule has 0 bridgehead atoms. The zero-order valence-electron chi connectivity index (χ0n) is 10.9. The Balaban J connectivity index is 2.42. The molecule has 0 aliphatic heterocycles. The quantitative estimate of drug-likeness (QED) is 0.289. The number of nitrogens with two attached hydrogens (primary N) is 1. The second-order valence-electron chi connectivity index (χ2n) is 4.10. The third-order valence-electron chi connectivity index (χ3n) is 2.67. The molecule has 22 heavy (non-hydrogen) atoms. The number of hydrogen-bond acceptors (Lipinski definition) is 5. The minimum absolute atomic E-state index is 0.0740. The van der Waals surface area contributed by atoms with E-state index in [-0.39, 0.29) is 22.0 Å². The van der Waals surface area contributed by atoms with Gasteiger partial charge in [-0.2, -0.15) is 0 Å². The monoisotopic (exact) mass is 341 g/mol. The van der Waals surface area contributed by atoms with E-state index in [9.17, 15) is 10.1 Å². The van der Waals surface area contributed by atoms with Gasteiger partial charge in [-0.3, -0.25) is 10.1 Å². The van der Waals surface area contributed by atoms with Gasteiger partial charge in [0, 0.05) is 11.1 Å². The SMILES string of the molecule is N/C(=N\O)c1cc(Oc2ccc(Cl)cc2Cl)ccc1[N+](=O)[O-]. The number of nitrogens with zero attached hydrogens (tertiary/aromatic N) is 2. The Kier molecular flexibility index (Phi) is 4.69. The average molecular weight is 342 g/mol. The number of ether oxygens (including phenoxy) is 1. The number of nitro benzene ring substituents is 1. The first-order chi connectivity index (χ1) is 10.4. The lowest BCUT2D eigenvalue weighted by Crippen LogP contribution is -2.15. The smallest absolute Gasteiger partial charge is 0.280 e. The predicted octanol–water partition coefficient (Wildman–Crippen LogP) is 3.79. The van der Waals surface area contributed by atoms with Crippen LogP contribution in [0.1, 0.15) is 5.56 Å². The maximum atomic E-state index is 10.9. The van der Waals surface area contributed by atoms with Crippen LogP contribution < -0.4 is 10.5 Å². The van der Waals surface area contributed by atoms with E-state index in [2.05, 4.69) is 5.16 Å². The van der Waals surface area contributed by atoms with E-state index in [1.165, 1.54) is 24.3 Å². The average Bonchev–Trinajstić information content (AvgIpc) is 2.49. The number of oxime groups is 1. The van der Waals surface area contributed by atoms with Crippen LogP contribution in [0.4, 0.5) is 5.69 Å². The summed E-state index contributed by atoms with van der Waals surface area (Å²) in [6.07, 6.45) is 0. The Morgan fingerprint density at radius 3 is 2.59 bits per heavy atom. The van der Waals surface area contributed by atoms with Crippen molar-refractivity contribution in [1.82, 2.24) is 0 Å². The highest BCUT2D eigenvalue weighted by atomic mass is 35.5. The van der Waals surface area contributed by atoms with Gasteiger partial charge in [0.25, 0.3) is 5.69 Å². The van der Waals surface area contributed by atoms with Gasteiger partial charge in [-0.15, -0.1) is 0 Å². The fraction of sp³-hybridized carbons (Fsp3) is 0. The fourth-order valence-electron chi connectivity index (χ4n) is 1.68. The minimum Gasteiger partial charge on any atom is -0.456 e.